The van der Waals surface area contributed by atoms with E-state index in [1.165, 1.54) is 0 Å². The van der Waals surface area contributed by atoms with Gasteiger partial charge >= 0.3 is 0 Å². The van der Waals surface area contributed by atoms with Gasteiger partial charge in [-0.15, -0.1) is 0 Å². The number of ether oxygens (including phenoxy) is 1. The summed E-state index contributed by atoms with van der Waals surface area (Å²) in [4.78, 5) is 0. The Kier molecular flexibility index (Phi) is 6.18. The van der Waals surface area contributed by atoms with E-state index in [2.05, 4.69) is 28.1 Å². The number of nitriles is 1. The molecule has 0 saturated heterocycles. The van der Waals surface area contributed by atoms with E-state index in [-0.39, 0.29) is 0 Å². The summed E-state index contributed by atoms with van der Waals surface area (Å²) >= 11 is 9.46. The first kappa shape index (κ1) is 20.2. The lowest BCUT2D eigenvalue weighted by molar-refractivity contribution is 0.306. The van der Waals surface area contributed by atoms with Crippen molar-refractivity contribution < 1.29 is 4.74 Å². The van der Waals surface area contributed by atoms with E-state index in [9.17, 15) is 5.26 Å². The van der Waals surface area contributed by atoms with Crippen LogP contribution in [0, 0.1) is 11.3 Å². The van der Waals surface area contributed by atoms with Gasteiger partial charge in [0.05, 0.1) is 11.6 Å². The van der Waals surface area contributed by atoms with Crippen molar-refractivity contribution in [2.75, 3.05) is 0 Å². The molecule has 0 aliphatic carbocycles. The van der Waals surface area contributed by atoms with E-state index in [0.717, 1.165) is 37.7 Å². The van der Waals surface area contributed by atoms with E-state index < -0.39 is 0 Å². The highest BCUT2D eigenvalue weighted by molar-refractivity contribution is 9.10. The molecule has 0 unspecified atom stereocenters. The van der Waals surface area contributed by atoms with Gasteiger partial charge in [0, 0.05) is 15.1 Å². The number of allylic oxidation sites excluding steroid dienone is 1. The Hall–Kier alpha value is -3.06. The first-order chi connectivity index (χ1) is 14.6. The Balaban J connectivity index is 1.77. The Bertz CT molecular complexity index is 1260. The van der Waals surface area contributed by atoms with Gasteiger partial charge in [0.2, 0.25) is 0 Å². The number of halogens is 2. The third kappa shape index (κ3) is 4.57. The van der Waals surface area contributed by atoms with Crippen LogP contribution in [0.25, 0.3) is 22.4 Å². The Morgan fingerprint density at radius 3 is 2.40 bits per heavy atom. The molecule has 0 spiro atoms. The average molecular weight is 475 g/mol. The lowest BCUT2D eigenvalue weighted by Crippen LogP contribution is -1.98. The average Bonchev–Trinajstić information content (AvgIpc) is 2.78. The number of hydrogen-bond donors (Lipinski definition) is 0. The number of fused-ring (bicyclic) bond motifs is 1. The molecule has 4 aromatic rings. The van der Waals surface area contributed by atoms with Crippen LogP contribution < -0.4 is 4.74 Å². The van der Waals surface area contributed by atoms with Gasteiger partial charge in [-0.2, -0.15) is 5.26 Å². The maximum Gasteiger partial charge on any atom is 0.127 e. The largest absolute Gasteiger partial charge is 0.488 e. The number of hydrogen-bond acceptors (Lipinski definition) is 2. The second kappa shape index (κ2) is 9.17. The van der Waals surface area contributed by atoms with Gasteiger partial charge in [-0.3, -0.25) is 0 Å². The second-order valence-corrected chi connectivity index (χ2v) is 8.14. The van der Waals surface area contributed by atoms with Gasteiger partial charge in [-0.25, -0.2) is 0 Å². The molecule has 146 valence electrons. The quantitative estimate of drug-likeness (QED) is 0.217. The fourth-order valence-corrected chi connectivity index (χ4v) is 3.64. The predicted molar refractivity (Wildman–Crippen MR) is 127 cm³/mol. The SMILES string of the molecule is N#C/C(=C\c1c(OCc2ccc(Br)cc2)ccc2ccccc12)c1ccc(Cl)cc1. The minimum absolute atomic E-state index is 0.440. The minimum Gasteiger partial charge on any atom is -0.488 e. The molecule has 0 aliphatic rings. The summed E-state index contributed by atoms with van der Waals surface area (Å²) in [6, 6.07) is 29.7. The van der Waals surface area contributed by atoms with Crippen LogP contribution in [0.15, 0.2) is 89.4 Å². The maximum atomic E-state index is 9.81. The molecule has 4 rings (SSSR count). The first-order valence-electron chi connectivity index (χ1n) is 9.41. The summed E-state index contributed by atoms with van der Waals surface area (Å²) in [6.45, 7) is 0.440. The van der Waals surface area contributed by atoms with Crippen LogP contribution in [-0.4, -0.2) is 0 Å². The number of rotatable bonds is 5. The van der Waals surface area contributed by atoms with Gasteiger partial charge in [0.15, 0.2) is 0 Å². The van der Waals surface area contributed by atoms with Crippen molar-refractivity contribution in [2.45, 2.75) is 6.61 Å². The van der Waals surface area contributed by atoms with Crippen LogP contribution in [0.4, 0.5) is 0 Å². The van der Waals surface area contributed by atoms with Gasteiger partial charge in [0.1, 0.15) is 12.4 Å². The lowest BCUT2D eigenvalue weighted by atomic mass is 9.98. The molecule has 0 atom stereocenters. The zero-order chi connectivity index (χ0) is 20.9. The fourth-order valence-electron chi connectivity index (χ4n) is 3.25. The standard InChI is InChI=1S/C26H17BrClNO/c27-22-10-5-18(6-11-22)17-30-26-14-9-20-3-1-2-4-24(20)25(26)15-21(16-29)19-7-12-23(28)13-8-19/h1-15H,17H2/b21-15+. The van der Waals surface area contributed by atoms with Crippen molar-refractivity contribution in [1.29, 1.82) is 5.26 Å². The molecule has 4 heteroatoms. The zero-order valence-corrected chi connectivity index (χ0v) is 18.3. The van der Waals surface area contributed by atoms with E-state index >= 15 is 0 Å². The van der Waals surface area contributed by atoms with E-state index in [1.54, 1.807) is 12.1 Å². The number of benzene rings is 4. The smallest absolute Gasteiger partial charge is 0.127 e. The second-order valence-electron chi connectivity index (χ2n) is 6.79. The van der Waals surface area contributed by atoms with Crippen molar-refractivity contribution in [3.05, 3.63) is 111 Å². The molecule has 0 saturated carbocycles. The van der Waals surface area contributed by atoms with Crippen LogP contribution in [0.5, 0.6) is 5.75 Å². The Morgan fingerprint density at radius 1 is 0.933 bits per heavy atom. The highest BCUT2D eigenvalue weighted by atomic mass is 79.9. The molecule has 30 heavy (non-hydrogen) atoms. The third-order valence-electron chi connectivity index (χ3n) is 4.80. The van der Waals surface area contributed by atoms with Gasteiger partial charge < -0.3 is 4.74 Å². The summed E-state index contributed by atoms with van der Waals surface area (Å²) in [5.41, 5.74) is 3.32. The predicted octanol–water partition coefficient (Wildman–Crippen LogP) is 7.90. The normalized spacial score (nSPS) is 11.3. The van der Waals surface area contributed by atoms with Gasteiger partial charge in [-0.05, 0) is 58.3 Å². The molecule has 2 nitrogen and oxygen atoms in total. The number of nitrogens with zero attached hydrogens (tertiary/aromatic N) is 1. The van der Waals surface area contributed by atoms with Crippen molar-refractivity contribution in [3.8, 4) is 11.8 Å². The molecule has 0 bridgehead atoms. The van der Waals surface area contributed by atoms with Crippen LogP contribution in [0.3, 0.4) is 0 Å². The molecular formula is C26H17BrClNO. The Morgan fingerprint density at radius 2 is 1.67 bits per heavy atom. The van der Waals surface area contributed by atoms with E-state index in [0.29, 0.717) is 17.2 Å². The van der Waals surface area contributed by atoms with Gasteiger partial charge in [0.25, 0.3) is 0 Å². The molecule has 0 aromatic heterocycles. The van der Waals surface area contributed by atoms with Crippen molar-refractivity contribution in [2.24, 2.45) is 0 Å². The minimum atomic E-state index is 0.440. The van der Waals surface area contributed by atoms with Crippen LogP contribution in [0.1, 0.15) is 16.7 Å². The third-order valence-corrected chi connectivity index (χ3v) is 5.58. The molecule has 0 radical (unpaired) electrons. The van der Waals surface area contributed by atoms with Crippen LogP contribution >= 0.6 is 27.5 Å². The van der Waals surface area contributed by atoms with Crippen molar-refractivity contribution in [3.63, 3.8) is 0 Å². The summed E-state index contributed by atoms with van der Waals surface area (Å²) in [6.07, 6.45) is 1.89. The van der Waals surface area contributed by atoms with Crippen molar-refractivity contribution >= 4 is 50.0 Å². The molecule has 0 heterocycles. The van der Waals surface area contributed by atoms with Crippen LogP contribution in [-0.2, 0) is 6.61 Å². The molecule has 0 fully saturated rings. The van der Waals surface area contributed by atoms with Gasteiger partial charge in [-0.1, -0.05) is 82.1 Å². The molecular weight excluding hydrogens is 458 g/mol. The molecule has 4 aromatic carbocycles. The van der Waals surface area contributed by atoms with E-state index in [1.807, 2.05) is 72.8 Å². The summed E-state index contributed by atoms with van der Waals surface area (Å²) < 4.78 is 7.21. The molecule has 0 aliphatic heterocycles. The molecule has 0 N–H and O–H groups in total. The zero-order valence-electron chi connectivity index (χ0n) is 16.0. The topological polar surface area (TPSA) is 33.0 Å². The fraction of sp³-hybridized carbons (Fsp3) is 0.0385. The highest BCUT2D eigenvalue weighted by Crippen LogP contribution is 2.32. The summed E-state index contributed by atoms with van der Waals surface area (Å²) in [7, 11) is 0. The molecule has 0 amide bonds. The first-order valence-corrected chi connectivity index (χ1v) is 10.6. The Labute approximate surface area is 189 Å². The van der Waals surface area contributed by atoms with E-state index in [4.69, 9.17) is 16.3 Å². The van der Waals surface area contributed by atoms with Crippen molar-refractivity contribution in [1.82, 2.24) is 0 Å². The van der Waals surface area contributed by atoms with Crippen LogP contribution in [0.2, 0.25) is 5.02 Å². The maximum absolute atomic E-state index is 9.81. The lowest BCUT2D eigenvalue weighted by Gasteiger charge is -2.13. The summed E-state index contributed by atoms with van der Waals surface area (Å²) in [5.74, 6) is 0.735. The monoisotopic (exact) mass is 473 g/mol. The summed E-state index contributed by atoms with van der Waals surface area (Å²) in [5, 5.41) is 12.6. The highest BCUT2D eigenvalue weighted by Gasteiger charge is 2.10.